The van der Waals surface area contributed by atoms with Crippen LogP contribution in [0.25, 0.3) is 0 Å². The Morgan fingerprint density at radius 1 is 1.15 bits per heavy atom. The smallest absolute Gasteiger partial charge is 0.216 e. The molecule has 5 heteroatoms. The van der Waals surface area contributed by atoms with Gasteiger partial charge in [-0.05, 0) is 69.6 Å². The standard InChI is InChI=1S/C15H27NO3S/c1-3-11(2)20(17,18)16-10-19-15-7-12-4-13(8-15)6-14(5-12)9-15/h11-14,16H,3-10H2,1-2H3. The second kappa shape index (κ2) is 5.25. The van der Waals surface area contributed by atoms with Gasteiger partial charge < -0.3 is 4.74 Å². The Balaban J connectivity index is 1.56. The van der Waals surface area contributed by atoms with E-state index >= 15 is 0 Å². The normalized spacial score (nSPS) is 41.0. The summed E-state index contributed by atoms with van der Waals surface area (Å²) >= 11 is 0. The number of sulfonamides is 1. The van der Waals surface area contributed by atoms with Crippen molar-refractivity contribution < 1.29 is 13.2 Å². The molecule has 1 N–H and O–H groups in total. The Morgan fingerprint density at radius 3 is 2.10 bits per heavy atom. The van der Waals surface area contributed by atoms with Crippen LogP contribution >= 0.6 is 0 Å². The Labute approximate surface area is 122 Å². The van der Waals surface area contributed by atoms with Gasteiger partial charge in [-0.15, -0.1) is 0 Å². The van der Waals surface area contributed by atoms with Crippen molar-refractivity contribution in [2.45, 2.75) is 69.6 Å². The van der Waals surface area contributed by atoms with Crippen molar-refractivity contribution in [2.24, 2.45) is 17.8 Å². The maximum Gasteiger partial charge on any atom is 0.216 e. The highest BCUT2D eigenvalue weighted by molar-refractivity contribution is 7.90. The first-order valence-corrected chi connectivity index (χ1v) is 9.59. The monoisotopic (exact) mass is 301 g/mol. The third kappa shape index (κ3) is 2.77. The van der Waals surface area contributed by atoms with Crippen LogP contribution in [0, 0.1) is 17.8 Å². The van der Waals surface area contributed by atoms with Crippen molar-refractivity contribution >= 4 is 10.0 Å². The predicted molar refractivity (Wildman–Crippen MR) is 78.7 cm³/mol. The summed E-state index contributed by atoms with van der Waals surface area (Å²) in [6.45, 7) is 3.79. The van der Waals surface area contributed by atoms with Crippen molar-refractivity contribution in [3.05, 3.63) is 0 Å². The van der Waals surface area contributed by atoms with Crippen molar-refractivity contribution in [3.8, 4) is 0 Å². The van der Waals surface area contributed by atoms with E-state index in [1.807, 2.05) is 6.92 Å². The molecule has 4 nitrogen and oxygen atoms in total. The second-order valence-corrected chi connectivity index (χ2v) is 9.48. The molecule has 4 aliphatic rings. The fourth-order valence-electron chi connectivity index (χ4n) is 4.83. The van der Waals surface area contributed by atoms with Gasteiger partial charge in [0.15, 0.2) is 0 Å². The van der Waals surface area contributed by atoms with Gasteiger partial charge >= 0.3 is 0 Å². The molecule has 0 amide bonds. The van der Waals surface area contributed by atoms with E-state index in [4.69, 9.17) is 4.74 Å². The molecule has 0 aromatic heterocycles. The van der Waals surface area contributed by atoms with Gasteiger partial charge in [0.2, 0.25) is 10.0 Å². The Morgan fingerprint density at radius 2 is 1.65 bits per heavy atom. The molecule has 4 saturated carbocycles. The summed E-state index contributed by atoms with van der Waals surface area (Å²) in [5.74, 6) is 2.48. The quantitative estimate of drug-likeness (QED) is 0.767. The van der Waals surface area contributed by atoms with Crippen LogP contribution in [0.15, 0.2) is 0 Å². The summed E-state index contributed by atoms with van der Waals surface area (Å²) in [6, 6.07) is 0. The zero-order chi connectivity index (χ0) is 14.4. The number of ether oxygens (including phenoxy) is 1. The molecular formula is C15H27NO3S. The topological polar surface area (TPSA) is 55.4 Å². The molecule has 4 aliphatic carbocycles. The van der Waals surface area contributed by atoms with Crippen LogP contribution in [-0.2, 0) is 14.8 Å². The zero-order valence-corrected chi connectivity index (χ0v) is 13.4. The molecule has 0 saturated heterocycles. The van der Waals surface area contributed by atoms with E-state index in [2.05, 4.69) is 4.72 Å². The first kappa shape index (κ1) is 14.8. The minimum absolute atomic E-state index is 0.0211. The highest BCUT2D eigenvalue weighted by Gasteiger charge is 2.51. The van der Waals surface area contributed by atoms with E-state index in [1.165, 1.54) is 19.3 Å². The predicted octanol–water partition coefficient (Wildman–Crippen LogP) is 2.65. The Kier molecular flexibility index (Phi) is 3.89. The number of hydrogen-bond acceptors (Lipinski definition) is 3. The lowest BCUT2D eigenvalue weighted by Crippen LogP contribution is -2.53. The number of rotatable bonds is 6. The molecule has 0 aromatic rings. The van der Waals surface area contributed by atoms with Gasteiger partial charge in [0, 0.05) is 0 Å². The van der Waals surface area contributed by atoms with Crippen LogP contribution in [0.4, 0.5) is 0 Å². The molecule has 20 heavy (non-hydrogen) atoms. The molecule has 116 valence electrons. The fourth-order valence-corrected chi connectivity index (χ4v) is 5.78. The molecule has 4 rings (SSSR count). The van der Waals surface area contributed by atoms with Crippen LogP contribution in [-0.4, -0.2) is 26.0 Å². The summed E-state index contributed by atoms with van der Waals surface area (Å²) in [4.78, 5) is 0. The average Bonchev–Trinajstić information content (AvgIpc) is 2.35. The molecule has 4 fully saturated rings. The van der Waals surface area contributed by atoms with E-state index in [9.17, 15) is 8.42 Å². The molecule has 1 unspecified atom stereocenters. The van der Waals surface area contributed by atoms with Gasteiger partial charge in [-0.1, -0.05) is 6.92 Å². The maximum atomic E-state index is 12.0. The minimum atomic E-state index is -3.22. The summed E-state index contributed by atoms with van der Waals surface area (Å²) in [7, 11) is -3.22. The summed E-state index contributed by atoms with van der Waals surface area (Å²) in [5.41, 5.74) is -0.0211. The van der Waals surface area contributed by atoms with Gasteiger partial charge in [0.1, 0.15) is 6.73 Å². The summed E-state index contributed by atoms with van der Waals surface area (Å²) < 4.78 is 32.6. The van der Waals surface area contributed by atoms with Crippen LogP contribution < -0.4 is 4.72 Å². The third-order valence-electron chi connectivity index (χ3n) is 5.73. The van der Waals surface area contributed by atoms with Crippen LogP contribution in [0.3, 0.4) is 0 Å². The molecule has 4 bridgehead atoms. The summed E-state index contributed by atoms with van der Waals surface area (Å²) in [6.07, 6.45) is 8.19. The molecular weight excluding hydrogens is 274 g/mol. The van der Waals surface area contributed by atoms with E-state index in [-0.39, 0.29) is 17.6 Å². The van der Waals surface area contributed by atoms with Crippen molar-refractivity contribution in [2.75, 3.05) is 6.73 Å². The SMILES string of the molecule is CCC(C)S(=O)(=O)NCOC12CC3CC(CC(C3)C1)C2. The molecule has 0 spiro atoms. The third-order valence-corrected chi connectivity index (χ3v) is 7.64. The first-order valence-electron chi connectivity index (χ1n) is 8.05. The van der Waals surface area contributed by atoms with Crippen molar-refractivity contribution in [1.29, 1.82) is 0 Å². The van der Waals surface area contributed by atoms with Gasteiger partial charge in [0.05, 0.1) is 10.9 Å². The molecule has 0 heterocycles. The first-order chi connectivity index (χ1) is 9.42. The zero-order valence-electron chi connectivity index (χ0n) is 12.6. The molecule has 0 aromatic carbocycles. The highest BCUT2D eigenvalue weighted by Crippen LogP contribution is 2.56. The maximum absolute atomic E-state index is 12.0. The van der Waals surface area contributed by atoms with Crippen molar-refractivity contribution in [3.63, 3.8) is 0 Å². The van der Waals surface area contributed by atoms with Gasteiger partial charge in [-0.2, -0.15) is 4.72 Å². The second-order valence-electron chi connectivity index (χ2n) is 7.30. The lowest BCUT2D eigenvalue weighted by Gasteiger charge is -2.56. The summed E-state index contributed by atoms with van der Waals surface area (Å²) in [5, 5.41) is -0.345. The van der Waals surface area contributed by atoms with E-state index < -0.39 is 10.0 Å². The number of nitrogens with one attached hydrogen (secondary N) is 1. The highest BCUT2D eigenvalue weighted by atomic mass is 32.2. The fraction of sp³-hybridized carbons (Fsp3) is 1.00. The van der Waals surface area contributed by atoms with E-state index in [0.29, 0.717) is 6.42 Å². The van der Waals surface area contributed by atoms with Gasteiger partial charge in [0.25, 0.3) is 0 Å². The van der Waals surface area contributed by atoms with E-state index in [1.54, 1.807) is 6.92 Å². The largest absolute Gasteiger partial charge is 0.359 e. The minimum Gasteiger partial charge on any atom is -0.359 e. The Hall–Kier alpha value is -0.130. The average molecular weight is 301 g/mol. The number of hydrogen-bond donors (Lipinski definition) is 1. The van der Waals surface area contributed by atoms with Crippen LogP contribution in [0.1, 0.15) is 58.8 Å². The van der Waals surface area contributed by atoms with E-state index in [0.717, 1.165) is 37.0 Å². The van der Waals surface area contributed by atoms with Crippen LogP contribution in [0.5, 0.6) is 0 Å². The van der Waals surface area contributed by atoms with Gasteiger partial charge in [-0.3, -0.25) is 0 Å². The molecule has 0 aliphatic heterocycles. The molecule has 1 atom stereocenters. The Bertz CT molecular complexity index is 424. The van der Waals surface area contributed by atoms with Crippen LogP contribution in [0.2, 0.25) is 0 Å². The lowest BCUT2D eigenvalue weighted by atomic mass is 9.54. The lowest BCUT2D eigenvalue weighted by molar-refractivity contribution is -0.163. The molecule has 0 radical (unpaired) electrons. The van der Waals surface area contributed by atoms with Gasteiger partial charge in [-0.25, -0.2) is 8.42 Å². The van der Waals surface area contributed by atoms with Crippen molar-refractivity contribution in [1.82, 2.24) is 4.72 Å².